The fraction of sp³-hybridized carbons (Fsp3) is 0.357. The SMILES string of the molecule is CNc1nc2c(Cl)cc(C)c(Cl)c2cc1C(C)C. The van der Waals surface area contributed by atoms with E-state index in [-0.39, 0.29) is 0 Å². The second kappa shape index (κ2) is 4.94. The molecule has 0 saturated carbocycles. The number of aryl methyl sites for hydroxylation is 1. The lowest BCUT2D eigenvalue weighted by Crippen LogP contribution is -2.01. The number of aromatic nitrogens is 1. The molecule has 0 bridgehead atoms. The maximum Gasteiger partial charge on any atom is 0.129 e. The molecule has 2 nitrogen and oxygen atoms in total. The van der Waals surface area contributed by atoms with E-state index in [0.29, 0.717) is 10.9 Å². The molecule has 0 amide bonds. The van der Waals surface area contributed by atoms with Crippen molar-refractivity contribution >= 4 is 39.9 Å². The molecule has 18 heavy (non-hydrogen) atoms. The van der Waals surface area contributed by atoms with Crippen molar-refractivity contribution in [2.75, 3.05) is 12.4 Å². The third-order valence-corrected chi connectivity index (χ3v) is 3.85. The van der Waals surface area contributed by atoms with Gasteiger partial charge >= 0.3 is 0 Å². The molecule has 0 saturated heterocycles. The molecule has 0 fully saturated rings. The van der Waals surface area contributed by atoms with E-state index in [0.717, 1.165) is 32.9 Å². The van der Waals surface area contributed by atoms with E-state index in [9.17, 15) is 0 Å². The molecular weight excluding hydrogens is 267 g/mol. The van der Waals surface area contributed by atoms with Gasteiger partial charge in [0.15, 0.2) is 0 Å². The zero-order valence-corrected chi connectivity index (χ0v) is 12.4. The number of benzene rings is 1. The van der Waals surface area contributed by atoms with Gasteiger partial charge in [-0.15, -0.1) is 0 Å². The Morgan fingerprint density at radius 3 is 2.44 bits per heavy atom. The van der Waals surface area contributed by atoms with Crippen LogP contribution in [0.3, 0.4) is 0 Å². The standard InChI is InChI=1S/C14H16Cl2N2/c1-7(2)9-6-10-12(16)8(3)5-11(15)13(10)18-14(9)17-4/h5-7H,1-4H3,(H,17,18). The molecule has 0 spiro atoms. The van der Waals surface area contributed by atoms with E-state index in [1.807, 2.05) is 20.0 Å². The van der Waals surface area contributed by atoms with Crippen LogP contribution in [0.15, 0.2) is 12.1 Å². The second-order valence-corrected chi connectivity index (χ2v) is 5.50. The summed E-state index contributed by atoms with van der Waals surface area (Å²) in [7, 11) is 1.86. The molecule has 0 radical (unpaired) electrons. The summed E-state index contributed by atoms with van der Waals surface area (Å²) in [5.74, 6) is 1.24. The van der Waals surface area contributed by atoms with Gasteiger partial charge in [0, 0.05) is 12.4 Å². The Morgan fingerprint density at radius 2 is 1.89 bits per heavy atom. The summed E-state index contributed by atoms with van der Waals surface area (Å²) in [4.78, 5) is 4.59. The number of fused-ring (bicyclic) bond motifs is 1. The van der Waals surface area contributed by atoms with Crippen LogP contribution in [-0.4, -0.2) is 12.0 Å². The second-order valence-electron chi connectivity index (χ2n) is 4.72. The van der Waals surface area contributed by atoms with Gasteiger partial charge in [-0.1, -0.05) is 37.0 Å². The Balaban J connectivity index is 2.87. The fourth-order valence-electron chi connectivity index (χ4n) is 2.05. The maximum absolute atomic E-state index is 6.35. The number of anilines is 1. The third-order valence-electron chi connectivity index (χ3n) is 3.06. The highest BCUT2D eigenvalue weighted by atomic mass is 35.5. The summed E-state index contributed by atoms with van der Waals surface area (Å²) in [6.45, 7) is 6.22. The first kappa shape index (κ1) is 13.4. The monoisotopic (exact) mass is 282 g/mol. The fourth-order valence-corrected chi connectivity index (χ4v) is 2.56. The van der Waals surface area contributed by atoms with Crippen LogP contribution in [0, 0.1) is 6.92 Å². The summed E-state index contributed by atoms with van der Waals surface area (Å²) >= 11 is 12.6. The predicted octanol–water partition coefficient (Wildman–Crippen LogP) is 5.02. The quantitative estimate of drug-likeness (QED) is 0.837. The largest absolute Gasteiger partial charge is 0.373 e. The van der Waals surface area contributed by atoms with Gasteiger partial charge in [0.2, 0.25) is 0 Å². The predicted molar refractivity (Wildman–Crippen MR) is 80.1 cm³/mol. The minimum Gasteiger partial charge on any atom is -0.373 e. The zero-order chi connectivity index (χ0) is 13.4. The van der Waals surface area contributed by atoms with Crippen LogP contribution in [-0.2, 0) is 0 Å². The van der Waals surface area contributed by atoms with Crippen molar-refractivity contribution < 1.29 is 0 Å². The van der Waals surface area contributed by atoms with E-state index in [1.165, 1.54) is 0 Å². The first-order valence-corrected chi connectivity index (χ1v) is 6.68. The van der Waals surface area contributed by atoms with Crippen LogP contribution in [0.4, 0.5) is 5.82 Å². The zero-order valence-electron chi connectivity index (χ0n) is 10.9. The summed E-state index contributed by atoms with van der Waals surface area (Å²) < 4.78 is 0. The Kier molecular flexibility index (Phi) is 3.69. The lowest BCUT2D eigenvalue weighted by molar-refractivity contribution is 0.864. The average molecular weight is 283 g/mol. The van der Waals surface area contributed by atoms with Crippen LogP contribution in [0.25, 0.3) is 10.9 Å². The highest BCUT2D eigenvalue weighted by Gasteiger charge is 2.14. The van der Waals surface area contributed by atoms with Gasteiger partial charge in [0.25, 0.3) is 0 Å². The van der Waals surface area contributed by atoms with Crippen LogP contribution >= 0.6 is 23.2 Å². The lowest BCUT2D eigenvalue weighted by Gasteiger charge is -2.15. The average Bonchev–Trinajstić information content (AvgIpc) is 2.34. The maximum atomic E-state index is 6.35. The Labute approximate surface area is 117 Å². The Bertz CT molecular complexity index is 607. The van der Waals surface area contributed by atoms with Crippen molar-refractivity contribution in [1.29, 1.82) is 0 Å². The number of nitrogens with one attached hydrogen (secondary N) is 1. The number of hydrogen-bond acceptors (Lipinski definition) is 2. The molecule has 0 aliphatic heterocycles. The summed E-state index contributed by atoms with van der Waals surface area (Å²) in [6, 6.07) is 3.94. The van der Waals surface area contributed by atoms with Gasteiger partial charge in [-0.05, 0) is 36.1 Å². The van der Waals surface area contributed by atoms with E-state index >= 15 is 0 Å². The molecule has 0 aliphatic carbocycles. The molecule has 1 N–H and O–H groups in total. The normalized spacial score (nSPS) is 11.3. The third kappa shape index (κ3) is 2.15. The summed E-state index contributed by atoms with van der Waals surface area (Å²) in [5.41, 5.74) is 2.87. The summed E-state index contributed by atoms with van der Waals surface area (Å²) in [5, 5.41) is 5.40. The molecule has 0 aliphatic rings. The molecule has 1 aromatic carbocycles. The van der Waals surface area contributed by atoms with Gasteiger partial charge in [0.05, 0.1) is 15.6 Å². The minimum atomic E-state index is 0.375. The van der Waals surface area contributed by atoms with Gasteiger partial charge in [-0.3, -0.25) is 0 Å². The smallest absolute Gasteiger partial charge is 0.129 e. The molecule has 0 unspecified atom stereocenters. The number of halogens is 2. The van der Waals surface area contributed by atoms with E-state index in [2.05, 4.69) is 30.2 Å². The molecule has 2 aromatic rings. The van der Waals surface area contributed by atoms with Crippen molar-refractivity contribution in [3.8, 4) is 0 Å². The molecule has 2 rings (SSSR count). The highest BCUT2D eigenvalue weighted by molar-refractivity contribution is 6.40. The molecule has 1 heterocycles. The van der Waals surface area contributed by atoms with Crippen LogP contribution in [0.2, 0.25) is 10.0 Å². The first-order chi connectivity index (χ1) is 8.45. The van der Waals surface area contributed by atoms with Crippen molar-refractivity contribution in [3.63, 3.8) is 0 Å². The lowest BCUT2D eigenvalue weighted by atomic mass is 10.0. The van der Waals surface area contributed by atoms with Crippen molar-refractivity contribution in [1.82, 2.24) is 4.98 Å². The van der Waals surface area contributed by atoms with Crippen molar-refractivity contribution in [2.45, 2.75) is 26.7 Å². The Morgan fingerprint density at radius 1 is 1.22 bits per heavy atom. The number of hydrogen-bond donors (Lipinski definition) is 1. The number of nitrogens with zero attached hydrogens (tertiary/aromatic N) is 1. The molecular formula is C14H16Cl2N2. The molecule has 96 valence electrons. The van der Waals surface area contributed by atoms with Gasteiger partial charge < -0.3 is 5.32 Å². The van der Waals surface area contributed by atoms with E-state index in [1.54, 1.807) is 0 Å². The van der Waals surface area contributed by atoms with Gasteiger partial charge in [-0.2, -0.15) is 0 Å². The number of rotatable bonds is 2. The first-order valence-electron chi connectivity index (χ1n) is 5.92. The van der Waals surface area contributed by atoms with Crippen molar-refractivity contribution in [2.24, 2.45) is 0 Å². The summed E-state index contributed by atoms with van der Waals surface area (Å²) in [6.07, 6.45) is 0. The van der Waals surface area contributed by atoms with Crippen LogP contribution < -0.4 is 5.32 Å². The molecule has 0 atom stereocenters. The Hall–Kier alpha value is -0.990. The highest BCUT2D eigenvalue weighted by Crippen LogP contribution is 2.35. The van der Waals surface area contributed by atoms with Crippen LogP contribution in [0.1, 0.15) is 30.9 Å². The van der Waals surface area contributed by atoms with Gasteiger partial charge in [0.1, 0.15) is 5.82 Å². The minimum absolute atomic E-state index is 0.375. The number of pyridine rings is 1. The van der Waals surface area contributed by atoms with E-state index < -0.39 is 0 Å². The van der Waals surface area contributed by atoms with Crippen molar-refractivity contribution in [3.05, 3.63) is 33.3 Å². The molecule has 1 aromatic heterocycles. The van der Waals surface area contributed by atoms with Crippen LogP contribution in [0.5, 0.6) is 0 Å². The molecule has 4 heteroatoms. The topological polar surface area (TPSA) is 24.9 Å². The van der Waals surface area contributed by atoms with Gasteiger partial charge in [-0.25, -0.2) is 4.98 Å². The van der Waals surface area contributed by atoms with E-state index in [4.69, 9.17) is 23.2 Å².